The molecule has 1 fully saturated rings. The highest BCUT2D eigenvalue weighted by Gasteiger charge is 2.27. The molecule has 1 aliphatic carbocycles. The van der Waals surface area contributed by atoms with Gasteiger partial charge in [-0.25, -0.2) is 4.98 Å². The van der Waals surface area contributed by atoms with E-state index in [1.165, 1.54) is 37.8 Å². The van der Waals surface area contributed by atoms with Crippen molar-refractivity contribution in [3.05, 3.63) is 18.2 Å². The number of rotatable bonds is 5. The second-order valence-corrected chi connectivity index (χ2v) is 5.66. The van der Waals surface area contributed by atoms with E-state index in [1.54, 1.807) is 0 Å². The maximum atomic E-state index is 4.29. The molecule has 0 aliphatic heterocycles. The van der Waals surface area contributed by atoms with Gasteiger partial charge >= 0.3 is 0 Å². The van der Waals surface area contributed by atoms with E-state index in [2.05, 4.69) is 28.7 Å². The Balaban J connectivity index is 1.99. The van der Waals surface area contributed by atoms with Crippen LogP contribution in [0, 0.1) is 5.41 Å². The molecule has 0 spiro atoms. The molecule has 1 aromatic rings. The normalized spacial score (nSPS) is 19.4. The van der Waals surface area contributed by atoms with Crippen molar-refractivity contribution in [2.75, 3.05) is 6.54 Å². The van der Waals surface area contributed by atoms with Crippen LogP contribution < -0.4 is 5.32 Å². The predicted molar refractivity (Wildman–Crippen MR) is 70.8 cm³/mol. The maximum absolute atomic E-state index is 4.29. The second-order valence-electron chi connectivity index (χ2n) is 5.66. The van der Waals surface area contributed by atoms with E-state index >= 15 is 0 Å². The first-order valence-electron chi connectivity index (χ1n) is 6.93. The Labute approximate surface area is 105 Å². The first-order chi connectivity index (χ1) is 8.23. The van der Waals surface area contributed by atoms with Crippen molar-refractivity contribution in [2.24, 2.45) is 5.41 Å². The zero-order valence-electron chi connectivity index (χ0n) is 11.2. The van der Waals surface area contributed by atoms with E-state index in [0.29, 0.717) is 5.41 Å². The van der Waals surface area contributed by atoms with Gasteiger partial charge < -0.3 is 9.88 Å². The van der Waals surface area contributed by atoms with Crippen LogP contribution >= 0.6 is 0 Å². The Kier molecular flexibility index (Phi) is 4.21. The van der Waals surface area contributed by atoms with Crippen molar-refractivity contribution in [1.29, 1.82) is 0 Å². The number of nitrogens with zero attached hydrogens (tertiary/aromatic N) is 2. The van der Waals surface area contributed by atoms with Gasteiger partial charge in [0, 0.05) is 19.3 Å². The minimum atomic E-state index is 0.486. The first kappa shape index (κ1) is 12.6. The smallest absolute Gasteiger partial charge is 0.0948 e. The van der Waals surface area contributed by atoms with Gasteiger partial charge in [-0.1, -0.05) is 33.1 Å². The van der Waals surface area contributed by atoms with Gasteiger partial charge in [0.05, 0.1) is 12.0 Å². The summed E-state index contributed by atoms with van der Waals surface area (Å²) in [4.78, 5) is 4.29. The Bertz CT molecular complexity index is 337. The lowest BCUT2D eigenvalue weighted by Gasteiger charge is -2.34. The highest BCUT2D eigenvalue weighted by atomic mass is 15.1. The fourth-order valence-electron chi connectivity index (χ4n) is 2.87. The Morgan fingerprint density at radius 2 is 2.12 bits per heavy atom. The number of aromatic nitrogens is 2. The van der Waals surface area contributed by atoms with Crippen molar-refractivity contribution < 1.29 is 0 Å². The van der Waals surface area contributed by atoms with Crippen molar-refractivity contribution in [3.63, 3.8) is 0 Å². The van der Waals surface area contributed by atoms with E-state index < -0.39 is 0 Å². The molecule has 1 aromatic heterocycles. The molecule has 0 radical (unpaired) electrons. The highest BCUT2D eigenvalue weighted by molar-refractivity contribution is 4.99. The van der Waals surface area contributed by atoms with Crippen LogP contribution in [0.4, 0.5) is 0 Å². The molecule has 3 nitrogen and oxygen atoms in total. The van der Waals surface area contributed by atoms with Crippen LogP contribution in [-0.4, -0.2) is 16.1 Å². The van der Waals surface area contributed by atoms with Crippen molar-refractivity contribution in [3.8, 4) is 0 Å². The summed E-state index contributed by atoms with van der Waals surface area (Å²) in [6.07, 6.45) is 10.9. The van der Waals surface area contributed by atoms with E-state index in [-0.39, 0.29) is 0 Å². The lowest BCUT2D eigenvalue weighted by molar-refractivity contribution is 0.181. The minimum Gasteiger partial charge on any atom is -0.333 e. The van der Waals surface area contributed by atoms with Gasteiger partial charge in [0.25, 0.3) is 0 Å². The third kappa shape index (κ3) is 3.32. The number of hydrogen-bond acceptors (Lipinski definition) is 2. The zero-order chi connectivity index (χ0) is 12.1. The fraction of sp³-hybridized carbons (Fsp3) is 0.786. The number of imidazole rings is 1. The van der Waals surface area contributed by atoms with Crippen LogP contribution in [0.5, 0.6) is 0 Å². The van der Waals surface area contributed by atoms with Crippen LogP contribution in [0.1, 0.15) is 51.6 Å². The molecule has 1 saturated carbocycles. The van der Waals surface area contributed by atoms with Gasteiger partial charge in [-0.05, 0) is 24.8 Å². The molecule has 0 amide bonds. The summed E-state index contributed by atoms with van der Waals surface area (Å²) < 4.78 is 2.34. The maximum Gasteiger partial charge on any atom is 0.0948 e. The standard InChI is InChI=1S/C14H25N3/c1-3-15-9-13-10-16-12-17(13)11-14(2)7-5-4-6-8-14/h10,12,15H,3-9,11H2,1-2H3. The molecule has 0 saturated heterocycles. The molecule has 0 atom stereocenters. The van der Waals surface area contributed by atoms with E-state index in [4.69, 9.17) is 0 Å². The molecular weight excluding hydrogens is 210 g/mol. The summed E-state index contributed by atoms with van der Waals surface area (Å²) in [6, 6.07) is 0. The zero-order valence-corrected chi connectivity index (χ0v) is 11.2. The van der Waals surface area contributed by atoms with Crippen LogP contribution in [0.15, 0.2) is 12.5 Å². The Morgan fingerprint density at radius 1 is 1.35 bits per heavy atom. The molecule has 17 heavy (non-hydrogen) atoms. The van der Waals surface area contributed by atoms with Crippen LogP contribution in [-0.2, 0) is 13.1 Å². The number of nitrogens with one attached hydrogen (secondary N) is 1. The fourth-order valence-corrected chi connectivity index (χ4v) is 2.87. The minimum absolute atomic E-state index is 0.486. The SMILES string of the molecule is CCNCc1cncn1CC1(C)CCCCC1. The van der Waals surface area contributed by atoms with Gasteiger partial charge in [0.1, 0.15) is 0 Å². The molecule has 96 valence electrons. The van der Waals surface area contributed by atoms with Gasteiger partial charge in [-0.3, -0.25) is 0 Å². The van der Waals surface area contributed by atoms with E-state index in [9.17, 15) is 0 Å². The van der Waals surface area contributed by atoms with E-state index in [0.717, 1.165) is 19.6 Å². The monoisotopic (exact) mass is 235 g/mol. The van der Waals surface area contributed by atoms with Crippen LogP contribution in [0.25, 0.3) is 0 Å². The van der Waals surface area contributed by atoms with Crippen molar-refractivity contribution in [2.45, 2.75) is 59.0 Å². The number of hydrogen-bond donors (Lipinski definition) is 1. The summed E-state index contributed by atoms with van der Waals surface area (Å²) >= 11 is 0. The lowest BCUT2D eigenvalue weighted by Crippen LogP contribution is -2.27. The molecule has 1 aliphatic rings. The van der Waals surface area contributed by atoms with Crippen LogP contribution in [0.2, 0.25) is 0 Å². The van der Waals surface area contributed by atoms with Crippen molar-refractivity contribution >= 4 is 0 Å². The summed E-state index contributed by atoms with van der Waals surface area (Å²) in [5.41, 5.74) is 1.80. The lowest BCUT2D eigenvalue weighted by atomic mass is 9.75. The third-order valence-electron chi connectivity index (χ3n) is 3.97. The molecule has 3 heteroatoms. The molecular formula is C14H25N3. The average Bonchev–Trinajstić information content (AvgIpc) is 2.74. The average molecular weight is 235 g/mol. The molecule has 0 unspecified atom stereocenters. The van der Waals surface area contributed by atoms with E-state index in [1.807, 2.05) is 12.5 Å². The van der Waals surface area contributed by atoms with Gasteiger partial charge in [0.15, 0.2) is 0 Å². The molecule has 1 heterocycles. The summed E-state index contributed by atoms with van der Waals surface area (Å²) in [6.45, 7) is 7.66. The largest absolute Gasteiger partial charge is 0.333 e. The predicted octanol–water partition coefficient (Wildman–Crippen LogP) is 2.96. The van der Waals surface area contributed by atoms with Gasteiger partial charge in [0.2, 0.25) is 0 Å². The summed E-state index contributed by atoms with van der Waals surface area (Å²) in [7, 11) is 0. The summed E-state index contributed by atoms with van der Waals surface area (Å²) in [5, 5.41) is 3.38. The topological polar surface area (TPSA) is 29.9 Å². The van der Waals surface area contributed by atoms with Gasteiger partial charge in [-0.15, -0.1) is 0 Å². The molecule has 0 bridgehead atoms. The highest BCUT2D eigenvalue weighted by Crippen LogP contribution is 2.37. The second kappa shape index (κ2) is 5.67. The molecule has 0 aromatic carbocycles. The van der Waals surface area contributed by atoms with Crippen LogP contribution in [0.3, 0.4) is 0 Å². The third-order valence-corrected chi connectivity index (χ3v) is 3.97. The van der Waals surface area contributed by atoms with Gasteiger partial charge in [-0.2, -0.15) is 0 Å². The molecule has 2 rings (SSSR count). The quantitative estimate of drug-likeness (QED) is 0.850. The Hall–Kier alpha value is -0.830. The van der Waals surface area contributed by atoms with Crippen molar-refractivity contribution in [1.82, 2.24) is 14.9 Å². The Morgan fingerprint density at radius 3 is 2.82 bits per heavy atom. The first-order valence-corrected chi connectivity index (χ1v) is 6.93. The molecule has 1 N–H and O–H groups in total. The summed E-state index contributed by atoms with van der Waals surface area (Å²) in [5.74, 6) is 0.